The Morgan fingerprint density at radius 1 is 1.69 bits per heavy atom. The van der Waals surface area contributed by atoms with Crippen molar-refractivity contribution in [3.63, 3.8) is 0 Å². The van der Waals surface area contributed by atoms with Gasteiger partial charge in [0.15, 0.2) is 0 Å². The van der Waals surface area contributed by atoms with E-state index in [1.807, 2.05) is 0 Å². The summed E-state index contributed by atoms with van der Waals surface area (Å²) in [4.78, 5) is 6.77. The lowest BCUT2D eigenvalue weighted by atomic mass is 9.85. The number of hydrogen-bond donors (Lipinski definition) is 1. The van der Waals surface area contributed by atoms with Gasteiger partial charge in [-0.1, -0.05) is 0 Å². The van der Waals surface area contributed by atoms with Crippen molar-refractivity contribution < 1.29 is 4.74 Å². The fourth-order valence-corrected chi connectivity index (χ4v) is 2.15. The molecule has 13 heavy (non-hydrogen) atoms. The molecular formula is C9H17N3O. The van der Waals surface area contributed by atoms with Gasteiger partial charge in [-0.05, 0) is 26.8 Å². The summed E-state index contributed by atoms with van der Waals surface area (Å²) >= 11 is 0. The summed E-state index contributed by atoms with van der Waals surface area (Å²) in [6, 6.07) is 0.948. The van der Waals surface area contributed by atoms with Crippen molar-refractivity contribution in [2.75, 3.05) is 20.2 Å². The van der Waals surface area contributed by atoms with Crippen LogP contribution in [0, 0.1) is 0 Å². The Bertz CT molecular complexity index is 241. The van der Waals surface area contributed by atoms with E-state index in [1.54, 1.807) is 0 Å². The second-order valence-electron chi connectivity index (χ2n) is 4.25. The van der Waals surface area contributed by atoms with Crippen LogP contribution in [0.5, 0.6) is 0 Å². The molecule has 0 aliphatic carbocycles. The lowest BCUT2D eigenvalue weighted by Crippen LogP contribution is -2.47. The average molecular weight is 183 g/mol. The van der Waals surface area contributed by atoms with Crippen molar-refractivity contribution in [1.29, 1.82) is 0 Å². The van der Waals surface area contributed by atoms with E-state index in [0.29, 0.717) is 18.7 Å². The van der Waals surface area contributed by atoms with Gasteiger partial charge < -0.3 is 15.4 Å². The molecule has 2 unspecified atom stereocenters. The predicted octanol–water partition coefficient (Wildman–Crippen LogP) is 0.184. The van der Waals surface area contributed by atoms with Gasteiger partial charge in [0.05, 0.1) is 0 Å². The van der Waals surface area contributed by atoms with E-state index in [1.165, 1.54) is 0 Å². The standard InChI is InChI=1S/C9H17N3O/c1-7-5-9(3-4-12(7)2)6-13-8(10)11-9/h7H,3-6H2,1-2H3,(H2,10,11). The number of nitrogens with two attached hydrogens (primary N) is 1. The first-order valence-corrected chi connectivity index (χ1v) is 4.80. The first-order valence-electron chi connectivity index (χ1n) is 4.80. The maximum atomic E-state index is 5.53. The zero-order valence-electron chi connectivity index (χ0n) is 8.29. The predicted molar refractivity (Wildman–Crippen MR) is 51.6 cm³/mol. The number of aliphatic imine (C=N–C) groups is 1. The van der Waals surface area contributed by atoms with Crippen molar-refractivity contribution >= 4 is 6.02 Å². The van der Waals surface area contributed by atoms with Gasteiger partial charge in [0, 0.05) is 12.6 Å². The number of nitrogens with zero attached hydrogens (tertiary/aromatic N) is 2. The van der Waals surface area contributed by atoms with Crippen LogP contribution in [0.1, 0.15) is 19.8 Å². The summed E-state index contributed by atoms with van der Waals surface area (Å²) in [5.74, 6) is 0. The fourth-order valence-electron chi connectivity index (χ4n) is 2.15. The van der Waals surface area contributed by atoms with Gasteiger partial charge in [0.2, 0.25) is 0 Å². The summed E-state index contributed by atoms with van der Waals surface area (Å²) in [5, 5.41) is 0. The zero-order valence-corrected chi connectivity index (χ0v) is 8.29. The molecule has 74 valence electrons. The number of piperidine rings is 1. The van der Waals surface area contributed by atoms with Crippen LogP contribution in [-0.4, -0.2) is 42.7 Å². The largest absolute Gasteiger partial charge is 0.463 e. The van der Waals surface area contributed by atoms with Crippen LogP contribution in [0.2, 0.25) is 0 Å². The highest BCUT2D eigenvalue weighted by Crippen LogP contribution is 2.32. The third-order valence-corrected chi connectivity index (χ3v) is 3.19. The second-order valence-corrected chi connectivity index (χ2v) is 4.25. The Hall–Kier alpha value is -0.770. The van der Waals surface area contributed by atoms with E-state index >= 15 is 0 Å². The summed E-state index contributed by atoms with van der Waals surface area (Å²) in [6.45, 7) is 3.99. The molecule has 0 aromatic carbocycles. The molecule has 4 nitrogen and oxygen atoms in total. The van der Waals surface area contributed by atoms with Crippen LogP contribution in [0.15, 0.2) is 4.99 Å². The molecule has 0 saturated carbocycles. The Morgan fingerprint density at radius 3 is 3.00 bits per heavy atom. The van der Waals surface area contributed by atoms with Crippen LogP contribution in [0.3, 0.4) is 0 Å². The monoisotopic (exact) mass is 183 g/mol. The molecule has 1 saturated heterocycles. The minimum atomic E-state index is -0.00396. The van der Waals surface area contributed by atoms with Crippen molar-refractivity contribution in [2.45, 2.75) is 31.3 Å². The molecule has 2 atom stereocenters. The second kappa shape index (κ2) is 2.87. The van der Waals surface area contributed by atoms with Crippen molar-refractivity contribution in [2.24, 2.45) is 10.7 Å². The normalized spacial score (nSPS) is 40.5. The summed E-state index contributed by atoms with van der Waals surface area (Å²) in [5.41, 5.74) is 5.53. The Morgan fingerprint density at radius 2 is 2.46 bits per heavy atom. The van der Waals surface area contributed by atoms with Crippen molar-refractivity contribution in [3.05, 3.63) is 0 Å². The smallest absolute Gasteiger partial charge is 0.282 e. The lowest BCUT2D eigenvalue weighted by molar-refractivity contribution is 0.110. The van der Waals surface area contributed by atoms with Gasteiger partial charge in [-0.25, -0.2) is 4.99 Å². The SMILES string of the molecule is CC1CC2(CCN1C)COC(N)=N2. The number of hydrogen-bond acceptors (Lipinski definition) is 4. The molecule has 2 aliphatic rings. The molecule has 2 N–H and O–H groups in total. The lowest BCUT2D eigenvalue weighted by Gasteiger charge is -2.38. The molecule has 2 rings (SSSR count). The molecule has 1 fully saturated rings. The molecule has 0 amide bonds. The molecule has 0 aromatic rings. The molecule has 4 heteroatoms. The average Bonchev–Trinajstić information content (AvgIpc) is 2.42. The first-order chi connectivity index (χ1) is 6.11. The maximum absolute atomic E-state index is 5.53. The summed E-state index contributed by atoms with van der Waals surface area (Å²) < 4.78 is 5.24. The summed E-state index contributed by atoms with van der Waals surface area (Å²) in [7, 11) is 2.15. The van der Waals surface area contributed by atoms with Gasteiger partial charge in [0.1, 0.15) is 12.1 Å². The van der Waals surface area contributed by atoms with E-state index in [4.69, 9.17) is 10.5 Å². The highest BCUT2D eigenvalue weighted by molar-refractivity contribution is 5.73. The molecule has 0 aromatic heterocycles. The molecule has 2 heterocycles. The molecule has 2 aliphatic heterocycles. The number of rotatable bonds is 0. The van der Waals surface area contributed by atoms with Gasteiger partial charge >= 0.3 is 0 Å². The Balaban J connectivity index is 2.10. The molecule has 0 radical (unpaired) electrons. The maximum Gasteiger partial charge on any atom is 0.282 e. The highest BCUT2D eigenvalue weighted by Gasteiger charge is 2.41. The molecule has 0 bridgehead atoms. The van der Waals surface area contributed by atoms with Crippen LogP contribution < -0.4 is 5.73 Å². The minimum Gasteiger partial charge on any atom is -0.463 e. The minimum absolute atomic E-state index is 0.00396. The third-order valence-electron chi connectivity index (χ3n) is 3.19. The van der Waals surface area contributed by atoms with Crippen LogP contribution >= 0.6 is 0 Å². The number of amidine groups is 1. The Kier molecular flexibility index (Phi) is 1.95. The van der Waals surface area contributed by atoms with E-state index in [9.17, 15) is 0 Å². The summed E-state index contributed by atoms with van der Waals surface area (Å²) in [6.07, 6.45) is 2.12. The van der Waals surface area contributed by atoms with Crippen molar-refractivity contribution in [1.82, 2.24) is 4.90 Å². The number of ether oxygens (including phenoxy) is 1. The Labute approximate surface area is 78.8 Å². The topological polar surface area (TPSA) is 50.9 Å². The van der Waals surface area contributed by atoms with Gasteiger partial charge in [-0.15, -0.1) is 0 Å². The van der Waals surface area contributed by atoms with Crippen LogP contribution in [0.25, 0.3) is 0 Å². The van der Waals surface area contributed by atoms with Gasteiger partial charge in [0.25, 0.3) is 6.02 Å². The van der Waals surface area contributed by atoms with E-state index < -0.39 is 0 Å². The zero-order chi connectivity index (χ0) is 9.47. The van der Waals surface area contributed by atoms with Crippen LogP contribution in [0.4, 0.5) is 0 Å². The molecule has 1 spiro atoms. The van der Waals surface area contributed by atoms with E-state index in [-0.39, 0.29) is 5.54 Å². The van der Waals surface area contributed by atoms with Gasteiger partial charge in [-0.3, -0.25) is 0 Å². The van der Waals surface area contributed by atoms with Crippen molar-refractivity contribution in [3.8, 4) is 0 Å². The molecular weight excluding hydrogens is 166 g/mol. The van der Waals surface area contributed by atoms with E-state index in [2.05, 4.69) is 23.9 Å². The quantitative estimate of drug-likeness (QED) is 0.583. The third kappa shape index (κ3) is 1.50. The first kappa shape index (κ1) is 8.81. The number of likely N-dealkylation sites (tertiary alicyclic amines) is 1. The van der Waals surface area contributed by atoms with E-state index in [0.717, 1.165) is 19.4 Å². The van der Waals surface area contributed by atoms with Gasteiger partial charge in [-0.2, -0.15) is 0 Å². The fraction of sp³-hybridized carbons (Fsp3) is 0.889. The van der Waals surface area contributed by atoms with Crippen LogP contribution in [-0.2, 0) is 4.74 Å². The highest BCUT2D eigenvalue weighted by atomic mass is 16.5.